The van der Waals surface area contributed by atoms with Crippen LogP contribution in [-0.2, 0) is 0 Å². The third-order valence-corrected chi connectivity index (χ3v) is 4.43. The van der Waals surface area contributed by atoms with E-state index in [9.17, 15) is 0 Å². The van der Waals surface area contributed by atoms with Gasteiger partial charge in [0, 0.05) is 19.1 Å². The predicted octanol–water partition coefficient (Wildman–Crippen LogP) is 3.16. The average molecular weight is 270 g/mol. The summed E-state index contributed by atoms with van der Waals surface area (Å²) in [5.41, 5.74) is 2.71. The lowest BCUT2D eigenvalue weighted by atomic mass is 10.1. The van der Waals surface area contributed by atoms with Crippen molar-refractivity contribution in [2.24, 2.45) is 5.92 Å². The third kappa shape index (κ3) is 3.94. The molecule has 1 unspecified atom stereocenters. The van der Waals surface area contributed by atoms with E-state index in [-0.39, 0.29) is 0 Å². The molecule has 0 radical (unpaired) electrons. The molecule has 1 saturated heterocycles. The lowest BCUT2D eigenvalue weighted by molar-refractivity contribution is 0.312. The predicted molar refractivity (Wildman–Crippen MR) is 85.7 cm³/mol. The van der Waals surface area contributed by atoms with Crippen LogP contribution in [0.3, 0.4) is 0 Å². The van der Waals surface area contributed by atoms with Crippen LogP contribution in [0.4, 0.5) is 0 Å². The number of hydrogen-bond donors (Lipinski definition) is 1. The van der Waals surface area contributed by atoms with Gasteiger partial charge in [0.05, 0.1) is 0 Å². The fraction of sp³-hybridized carbons (Fsp3) is 0.556. The Morgan fingerprint density at radius 1 is 1.25 bits per heavy atom. The second-order valence-electron chi connectivity index (χ2n) is 6.41. The second kappa shape index (κ2) is 6.55. The molecule has 3 rings (SSSR count). The van der Waals surface area contributed by atoms with Crippen LogP contribution in [0.5, 0.6) is 0 Å². The first-order chi connectivity index (χ1) is 9.81. The normalized spacial score (nSPS) is 24.2. The molecule has 108 valence electrons. The Morgan fingerprint density at radius 3 is 2.80 bits per heavy atom. The zero-order valence-electron chi connectivity index (χ0n) is 12.5. The van der Waals surface area contributed by atoms with Crippen LogP contribution < -0.4 is 5.32 Å². The van der Waals surface area contributed by atoms with Crippen LogP contribution >= 0.6 is 0 Å². The second-order valence-corrected chi connectivity index (χ2v) is 6.41. The largest absolute Gasteiger partial charge is 0.313 e. The molecule has 0 amide bonds. The fourth-order valence-electron chi connectivity index (χ4n) is 3.16. The molecule has 1 aromatic rings. The Kier molecular flexibility index (Phi) is 4.54. The number of likely N-dealkylation sites (tertiary alicyclic amines) is 1. The van der Waals surface area contributed by atoms with Crippen LogP contribution in [0.1, 0.15) is 31.7 Å². The summed E-state index contributed by atoms with van der Waals surface area (Å²) < 4.78 is 0. The molecule has 1 aliphatic heterocycles. The van der Waals surface area contributed by atoms with E-state index >= 15 is 0 Å². The van der Waals surface area contributed by atoms with Gasteiger partial charge >= 0.3 is 0 Å². The zero-order valence-corrected chi connectivity index (χ0v) is 12.5. The van der Waals surface area contributed by atoms with Gasteiger partial charge in [0.15, 0.2) is 0 Å². The van der Waals surface area contributed by atoms with Crippen LogP contribution in [-0.4, -0.2) is 37.1 Å². The van der Waals surface area contributed by atoms with Crippen molar-refractivity contribution in [3.8, 4) is 0 Å². The highest BCUT2D eigenvalue weighted by Crippen LogP contribution is 2.31. The molecule has 1 aromatic carbocycles. The van der Waals surface area contributed by atoms with Gasteiger partial charge in [-0.25, -0.2) is 0 Å². The van der Waals surface area contributed by atoms with Crippen LogP contribution in [0.15, 0.2) is 35.9 Å². The molecule has 0 aromatic heterocycles. The minimum atomic E-state index is 0.861. The van der Waals surface area contributed by atoms with E-state index < -0.39 is 0 Å². The van der Waals surface area contributed by atoms with Crippen LogP contribution in [0.25, 0.3) is 6.08 Å². The Hall–Kier alpha value is -1.12. The summed E-state index contributed by atoms with van der Waals surface area (Å²) in [5, 5.41) is 3.63. The number of hydrogen-bond acceptors (Lipinski definition) is 2. The smallest absolute Gasteiger partial charge is 0.0165 e. The molecule has 0 spiro atoms. The molecular weight excluding hydrogens is 244 g/mol. The summed E-state index contributed by atoms with van der Waals surface area (Å²) >= 11 is 0. The van der Waals surface area contributed by atoms with E-state index in [4.69, 9.17) is 0 Å². The summed E-state index contributed by atoms with van der Waals surface area (Å²) in [6.45, 7) is 7.04. The molecule has 1 N–H and O–H groups in total. The number of nitrogens with one attached hydrogen (secondary N) is 1. The quantitative estimate of drug-likeness (QED) is 0.854. The van der Waals surface area contributed by atoms with E-state index in [2.05, 4.69) is 53.5 Å². The Balaban J connectivity index is 1.38. The topological polar surface area (TPSA) is 15.3 Å². The van der Waals surface area contributed by atoms with Gasteiger partial charge in [0.2, 0.25) is 0 Å². The Morgan fingerprint density at radius 2 is 2.05 bits per heavy atom. The Bertz CT molecular complexity index is 448. The SMILES string of the molecule is C/C(=C/c1ccccc1)CNCC1CCN(C2CC2)C1. The van der Waals surface area contributed by atoms with Gasteiger partial charge in [-0.2, -0.15) is 0 Å². The fourth-order valence-corrected chi connectivity index (χ4v) is 3.16. The zero-order chi connectivity index (χ0) is 13.8. The molecule has 0 bridgehead atoms. The maximum atomic E-state index is 3.63. The van der Waals surface area contributed by atoms with Gasteiger partial charge in [-0.15, -0.1) is 0 Å². The van der Waals surface area contributed by atoms with Crippen molar-refractivity contribution in [3.05, 3.63) is 41.5 Å². The maximum absolute atomic E-state index is 3.63. The number of nitrogens with zero attached hydrogens (tertiary/aromatic N) is 1. The van der Waals surface area contributed by atoms with Gasteiger partial charge in [-0.05, 0) is 50.8 Å². The van der Waals surface area contributed by atoms with Gasteiger partial charge in [-0.1, -0.05) is 42.0 Å². The lowest BCUT2D eigenvalue weighted by Crippen LogP contribution is -2.28. The van der Waals surface area contributed by atoms with Crippen LogP contribution in [0, 0.1) is 5.92 Å². The number of rotatable bonds is 6. The van der Waals surface area contributed by atoms with Gasteiger partial charge < -0.3 is 10.2 Å². The van der Waals surface area contributed by atoms with Crippen LogP contribution in [0.2, 0.25) is 0 Å². The highest BCUT2D eigenvalue weighted by molar-refractivity contribution is 5.52. The molecule has 2 aliphatic rings. The molecule has 1 aliphatic carbocycles. The summed E-state index contributed by atoms with van der Waals surface area (Å²) in [4.78, 5) is 2.69. The maximum Gasteiger partial charge on any atom is 0.0165 e. The molecule has 1 heterocycles. The van der Waals surface area contributed by atoms with Crippen molar-refractivity contribution in [1.29, 1.82) is 0 Å². The molecule has 1 atom stereocenters. The molecule has 2 heteroatoms. The highest BCUT2D eigenvalue weighted by atomic mass is 15.2. The molecule has 1 saturated carbocycles. The number of benzene rings is 1. The standard InChI is InChI=1S/C18H26N2/c1-15(11-16-5-3-2-4-6-16)12-19-13-17-9-10-20(14-17)18-7-8-18/h2-6,11,17-19H,7-10,12-14H2,1H3/b15-11-. The first kappa shape index (κ1) is 13.8. The van der Waals surface area contributed by atoms with Crippen molar-refractivity contribution in [1.82, 2.24) is 10.2 Å². The Labute approximate surface area is 122 Å². The summed E-state index contributed by atoms with van der Waals surface area (Å²) in [5.74, 6) is 0.861. The van der Waals surface area contributed by atoms with Crippen molar-refractivity contribution in [3.63, 3.8) is 0 Å². The van der Waals surface area contributed by atoms with Crippen molar-refractivity contribution in [2.45, 2.75) is 32.2 Å². The third-order valence-electron chi connectivity index (χ3n) is 4.43. The summed E-state index contributed by atoms with van der Waals surface area (Å²) in [6, 6.07) is 11.5. The first-order valence-electron chi connectivity index (χ1n) is 7.98. The van der Waals surface area contributed by atoms with E-state index in [1.807, 2.05) is 0 Å². The van der Waals surface area contributed by atoms with Gasteiger partial charge in [0.25, 0.3) is 0 Å². The minimum Gasteiger partial charge on any atom is -0.313 e. The van der Waals surface area contributed by atoms with Crippen molar-refractivity contribution < 1.29 is 0 Å². The average Bonchev–Trinajstić information content (AvgIpc) is 3.20. The van der Waals surface area contributed by atoms with Gasteiger partial charge in [-0.3, -0.25) is 0 Å². The minimum absolute atomic E-state index is 0.861. The molecular formula is C18H26N2. The van der Waals surface area contributed by atoms with Gasteiger partial charge in [0.1, 0.15) is 0 Å². The molecule has 2 nitrogen and oxygen atoms in total. The monoisotopic (exact) mass is 270 g/mol. The van der Waals surface area contributed by atoms with Crippen molar-refractivity contribution >= 4 is 6.08 Å². The first-order valence-corrected chi connectivity index (χ1v) is 7.98. The van der Waals surface area contributed by atoms with E-state index in [0.717, 1.165) is 18.5 Å². The molecule has 20 heavy (non-hydrogen) atoms. The summed E-state index contributed by atoms with van der Waals surface area (Å²) in [7, 11) is 0. The summed E-state index contributed by atoms with van der Waals surface area (Å²) in [6.07, 6.45) is 6.54. The van der Waals surface area contributed by atoms with Crippen molar-refractivity contribution in [2.75, 3.05) is 26.2 Å². The van der Waals surface area contributed by atoms with E-state index in [1.54, 1.807) is 0 Å². The van der Waals surface area contributed by atoms with E-state index in [0.29, 0.717) is 0 Å². The lowest BCUT2D eigenvalue weighted by Gasteiger charge is -2.15. The van der Waals surface area contributed by atoms with E-state index in [1.165, 1.54) is 50.0 Å². The highest BCUT2D eigenvalue weighted by Gasteiger charge is 2.33. The molecule has 2 fully saturated rings.